The Morgan fingerprint density at radius 3 is 2.88 bits per heavy atom. The Hall–Kier alpha value is -0.970. The van der Waals surface area contributed by atoms with Crippen molar-refractivity contribution in [2.75, 3.05) is 19.8 Å². The summed E-state index contributed by atoms with van der Waals surface area (Å²) in [4.78, 5) is 0. The van der Waals surface area contributed by atoms with Crippen molar-refractivity contribution < 1.29 is 14.2 Å². The van der Waals surface area contributed by atoms with E-state index in [4.69, 9.17) is 10.5 Å². The van der Waals surface area contributed by atoms with Crippen molar-refractivity contribution in [2.45, 2.75) is 19.4 Å². The number of halogens is 1. The van der Waals surface area contributed by atoms with Gasteiger partial charge in [-0.1, -0.05) is 12.1 Å². The molecule has 0 bridgehead atoms. The van der Waals surface area contributed by atoms with Gasteiger partial charge in [0.15, 0.2) is 0 Å². The van der Waals surface area contributed by atoms with Crippen molar-refractivity contribution in [3.63, 3.8) is 0 Å². The summed E-state index contributed by atoms with van der Waals surface area (Å²) in [5.41, 5.74) is 6.42. The van der Waals surface area contributed by atoms with Crippen molar-refractivity contribution in [3.05, 3.63) is 35.1 Å². The van der Waals surface area contributed by atoms with E-state index in [9.17, 15) is 9.50 Å². The molecule has 1 aromatic rings. The topological polar surface area (TPSA) is 55.5 Å². The van der Waals surface area contributed by atoms with Gasteiger partial charge in [0.1, 0.15) is 5.82 Å². The quantitative estimate of drug-likeness (QED) is 0.841. The number of ether oxygens (including phenoxy) is 1. The summed E-state index contributed by atoms with van der Waals surface area (Å²) in [6, 6.07) is 4.81. The lowest BCUT2D eigenvalue weighted by atomic mass is 9.78. The molecule has 1 fully saturated rings. The van der Waals surface area contributed by atoms with Crippen LogP contribution in [-0.4, -0.2) is 24.9 Å². The maximum atomic E-state index is 13.5. The van der Waals surface area contributed by atoms with Crippen LogP contribution in [0.5, 0.6) is 0 Å². The SMILES string of the molecule is Cc1ccc(C(O)C2(CN)CCOC2)cc1F. The number of aliphatic hydroxyl groups excluding tert-OH is 1. The number of aryl methyl sites for hydroxylation is 1. The van der Waals surface area contributed by atoms with E-state index in [1.165, 1.54) is 6.07 Å². The van der Waals surface area contributed by atoms with Crippen molar-refractivity contribution in [3.8, 4) is 0 Å². The highest BCUT2D eigenvalue weighted by atomic mass is 19.1. The maximum Gasteiger partial charge on any atom is 0.126 e. The van der Waals surface area contributed by atoms with Crippen LogP contribution in [0.15, 0.2) is 18.2 Å². The summed E-state index contributed by atoms with van der Waals surface area (Å²) in [5, 5.41) is 10.4. The summed E-state index contributed by atoms with van der Waals surface area (Å²) < 4.78 is 18.8. The van der Waals surface area contributed by atoms with Crippen molar-refractivity contribution >= 4 is 0 Å². The number of nitrogens with two attached hydrogens (primary N) is 1. The zero-order valence-corrected chi connectivity index (χ0v) is 9.95. The van der Waals surface area contributed by atoms with Crippen LogP contribution in [0.2, 0.25) is 0 Å². The average Bonchev–Trinajstić information content (AvgIpc) is 2.81. The maximum absolute atomic E-state index is 13.5. The van der Waals surface area contributed by atoms with Gasteiger partial charge < -0.3 is 15.6 Å². The van der Waals surface area contributed by atoms with E-state index in [1.807, 2.05) is 0 Å². The Morgan fingerprint density at radius 2 is 2.35 bits per heavy atom. The molecule has 17 heavy (non-hydrogen) atoms. The third-order valence-corrected chi connectivity index (χ3v) is 3.63. The van der Waals surface area contributed by atoms with Crippen molar-refractivity contribution in [2.24, 2.45) is 11.1 Å². The Kier molecular flexibility index (Phi) is 3.47. The highest BCUT2D eigenvalue weighted by Gasteiger charge is 2.41. The summed E-state index contributed by atoms with van der Waals surface area (Å²) >= 11 is 0. The zero-order valence-electron chi connectivity index (χ0n) is 9.95. The molecule has 1 heterocycles. The average molecular weight is 239 g/mol. The number of benzene rings is 1. The minimum Gasteiger partial charge on any atom is -0.388 e. The van der Waals surface area contributed by atoms with Gasteiger partial charge in [-0.15, -0.1) is 0 Å². The van der Waals surface area contributed by atoms with Crippen LogP contribution < -0.4 is 5.73 Å². The first kappa shape index (κ1) is 12.5. The fraction of sp³-hybridized carbons (Fsp3) is 0.538. The van der Waals surface area contributed by atoms with Crippen LogP contribution in [0.4, 0.5) is 4.39 Å². The molecule has 2 unspecified atom stereocenters. The zero-order chi connectivity index (χ0) is 12.5. The van der Waals surface area contributed by atoms with E-state index >= 15 is 0 Å². The highest BCUT2D eigenvalue weighted by molar-refractivity contribution is 5.26. The predicted octanol–water partition coefficient (Wildman–Crippen LogP) is 1.53. The molecule has 1 aromatic carbocycles. The molecular formula is C13H18FNO2. The fourth-order valence-corrected chi connectivity index (χ4v) is 2.24. The van der Waals surface area contributed by atoms with Crippen LogP contribution in [0.25, 0.3) is 0 Å². The highest BCUT2D eigenvalue weighted by Crippen LogP contribution is 2.40. The van der Waals surface area contributed by atoms with E-state index in [2.05, 4.69) is 0 Å². The summed E-state index contributed by atoms with van der Waals surface area (Å²) in [6.07, 6.45) is -0.0646. The Morgan fingerprint density at radius 1 is 1.59 bits per heavy atom. The van der Waals surface area contributed by atoms with Crippen LogP contribution in [0.1, 0.15) is 23.7 Å². The van der Waals surface area contributed by atoms with E-state index in [1.54, 1.807) is 19.1 Å². The third-order valence-electron chi connectivity index (χ3n) is 3.63. The lowest BCUT2D eigenvalue weighted by Crippen LogP contribution is -2.37. The molecule has 1 aliphatic heterocycles. The molecule has 1 aliphatic rings. The van der Waals surface area contributed by atoms with E-state index in [0.717, 1.165) is 0 Å². The molecule has 94 valence electrons. The molecule has 3 N–H and O–H groups in total. The molecule has 2 atom stereocenters. The van der Waals surface area contributed by atoms with Crippen LogP contribution >= 0.6 is 0 Å². The van der Waals surface area contributed by atoms with Gasteiger partial charge in [-0.05, 0) is 30.5 Å². The smallest absolute Gasteiger partial charge is 0.126 e. The summed E-state index contributed by atoms with van der Waals surface area (Å²) in [6.45, 7) is 3.06. The second-order valence-electron chi connectivity index (χ2n) is 4.78. The first-order valence-corrected chi connectivity index (χ1v) is 5.81. The molecule has 0 amide bonds. The first-order chi connectivity index (χ1) is 8.09. The van der Waals surface area contributed by atoms with E-state index in [0.29, 0.717) is 37.3 Å². The lowest BCUT2D eigenvalue weighted by Gasteiger charge is -2.31. The molecule has 3 nitrogen and oxygen atoms in total. The van der Waals surface area contributed by atoms with Crippen LogP contribution in [0.3, 0.4) is 0 Å². The van der Waals surface area contributed by atoms with Crippen LogP contribution in [0, 0.1) is 18.2 Å². The standard InChI is InChI=1S/C13H18FNO2/c1-9-2-3-10(6-11(9)14)12(16)13(7-15)4-5-17-8-13/h2-3,6,12,16H,4-5,7-8,15H2,1H3. The van der Waals surface area contributed by atoms with Gasteiger partial charge in [0.25, 0.3) is 0 Å². The van der Waals surface area contributed by atoms with Gasteiger partial charge in [-0.2, -0.15) is 0 Å². The minimum atomic E-state index is -0.773. The molecule has 0 radical (unpaired) electrons. The number of hydrogen-bond acceptors (Lipinski definition) is 3. The second kappa shape index (κ2) is 4.72. The summed E-state index contributed by atoms with van der Waals surface area (Å²) in [5.74, 6) is -0.298. The summed E-state index contributed by atoms with van der Waals surface area (Å²) in [7, 11) is 0. The normalized spacial score (nSPS) is 26.1. The lowest BCUT2D eigenvalue weighted by molar-refractivity contribution is 0.0189. The fourth-order valence-electron chi connectivity index (χ4n) is 2.24. The van der Waals surface area contributed by atoms with Gasteiger partial charge in [-0.3, -0.25) is 0 Å². The van der Waals surface area contributed by atoms with Crippen LogP contribution in [-0.2, 0) is 4.74 Å². The molecule has 2 rings (SSSR count). The Balaban J connectivity index is 2.29. The van der Waals surface area contributed by atoms with E-state index in [-0.39, 0.29) is 5.82 Å². The molecule has 0 spiro atoms. The third kappa shape index (κ3) is 2.20. The van der Waals surface area contributed by atoms with Gasteiger partial charge in [0.2, 0.25) is 0 Å². The number of hydrogen-bond donors (Lipinski definition) is 2. The number of rotatable bonds is 3. The first-order valence-electron chi connectivity index (χ1n) is 5.81. The molecule has 4 heteroatoms. The molecular weight excluding hydrogens is 221 g/mol. The van der Waals surface area contributed by atoms with E-state index < -0.39 is 11.5 Å². The largest absolute Gasteiger partial charge is 0.388 e. The Labute approximate surface area is 100 Å². The molecule has 0 aliphatic carbocycles. The number of aliphatic hydroxyl groups is 1. The van der Waals surface area contributed by atoms with Crippen molar-refractivity contribution in [1.82, 2.24) is 0 Å². The van der Waals surface area contributed by atoms with Crippen molar-refractivity contribution in [1.29, 1.82) is 0 Å². The predicted molar refractivity (Wildman–Crippen MR) is 63.0 cm³/mol. The molecule has 0 aromatic heterocycles. The Bertz CT molecular complexity index is 402. The molecule has 0 saturated carbocycles. The minimum absolute atomic E-state index is 0.298. The second-order valence-corrected chi connectivity index (χ2v) is 4.78. The van der Waals surface area contributed by atoms with Gasteiger partial charge in [0.05, 0.1) is 12.7 Å². The monoisotopic (exact) mass is 239 g/mol. The van der Waals surface area contributed by atoms with Gasteiger partial charge in [0, 0.05) is 18.6 Å². The van der Waals surface area contributed by atoms with Gasteiger partial charge in [-0.25, -0.2) is 4.39 Å². The molecule has 1 saturated heterocycles. The van der Waals surface area contributed by atoms with Gasteiger partial charge >= 0.3 is 0 Å².